The fraction of sp³-hybridized carbons (Fsp3) is 0.250. The summed E-state index contributed by atoms with van der Waals surface area (Å²) >= 11 is 0. The summed E-state index contributed by atoms with van der Waals surface area (Å²) in [5.74, 6) is 1.41. The lowest BCUT2D eigenvalue weighted by molar-refractivity contribution is 0.756. The molecule has 0 aliphatic rings. The molecule has 3 heteroatoms. The van der Waals surface area contributed by atoms with Crippen LogP contribution >= 0.6 is 0 Å². The zero-order valence-corrected chi connectivity index (χ0v) is 11.5. The van der Waals surface area contributed by atoms with E-state index in [4.69, 9.17) is 4.98 Å². The normalized spacial score (nSPS) is 11.4. The van der Waals surface area contributed by atoms with E-state index in [9.17, 15) is 0 Å². The quantitative estimate of drug-likeness (QED) is 0.692. The summed E-state index contributed by atoms with van der Waals surface area (Å²) in [6.07, 6.45) is 1.82. The zero-order valence-electron chi connectivity index (χ0n) is 11.5. The Morgan fingerprint density at radius 2 is 1.84 bits per heavy atom. The van der Waals surface area contributed by atoms with Crippen molar-refractivity contribution in [3.05, 3.63) is 54.0 Å². The lowest BCUT2D eigenvalue weighted by Gasteiger charge is -2.13. The minimum absolute atomic E-state index is 0.355. The summed E-state index contributed by atoms with van der Waals surface area (Å²) in [5, 5.41) is 0. The van der Waals surface area contributed by atoms with Crippen LogP contribution in [0.15, 0.2) is 42.6 Å². The molecule has 96 valence electrons. The van der Waals surface area contributed by atoms with Crippen LogP contribution in [0.1, 0.15) is 31.2 Å². The van der Waals surface area contributed by atoms with E-state index in [0.717, 1.165) is 22.7 Å². The van der Waals surface area contributed by atoms with Gasteiger partial charge < -0.3 is 0 Å². The monoisotopic (exact) mass is 251 g/mol. The Kier molecular flexibility index (Phi) is 2.82. The molecular formula is C16H17N3. The van der Waals surface area contributed by atoms with E-state index >= 15 is 0 Å². The van der Waals surface area contributed by atoms with Gasteiger partial charge in [-0.05, 0) is 30.7 Å². The molecule has 0 atom stereocenters. The second kappa shape index (κ2) is 4.50. The van der Waals surface area contributed by atoms with Gasteiger partial charge in [-0.15, -0.1) is 0 Å². The van der Waals surface area contributed by atoms with Crippen molar-refractivity contribution in [2.24, 2.45) is 0 Å². The average molecular weight is 251 g/mol. The summed E-state index contributed by atoms with van der Waals surface area (Å²) in [4.78, 5) is 9.23. The highest BCUT2D eigenvalue weighted by atomic mass is 15.1. The molecule has 0 radical (unpaired) electrons. The van der Waals surface area contributed by atoms with Crippen LogP contribution in [0.2, 0.25) is 0 Å². The summed E-state index contributed by atoms with van der Waals surface area (Å²) in [6.45, 7) is 6.44. The Morgan fingerprint density at radius 1 is 1.05 bits per heavy atom. The van der Waals surface area contributed by atoms with Crippen LogP contribution in [-0.4, -0.2) is 14.5 Å². The Hall–Kier alpha value is -2.16. The van der Waals surface area contributed by atoms with E-state index in [1.807, 2.05) is 18.3 Å². The molecule has 2 aromatic heterocycles. The lowest BCUT2D eigenvalue weighted by atomic mass is 10.1. The molecule has 3 nitrogen and oxygen atoms in total. The Morgan fingerprint density at radius 3 is 2.58 bits per heavy atom. The van der Waals surface area contributed by atoms with E-state index in [1.54, 1.807) is 0 Å². The highest BCUT2D eigenvalue weighted by molar-refractivity contribution is 5.74. The van der Waals surface area contributed by atoms with Crippen molar-refractivity contribution in [1.82, 2.24) is 14.5 Å². The highest BCUT2D eigenvalue weighted by Crippen LogP contribution is 2.26. The van der Waals surface area contributed by atoms with Gasteiger partial charge in [0.2, 0.25) is 0 Å². The summed E-state index contributed by atoms with van der Waals surface area (Å²) in [6, 6.07) is 12.3. The number of hydrogen-bond donors (Lipinski definition) is 0. The number of aromatic nitrogens is 3. The molecule has 0 N–H and O–H groups in total. The average Bonchev–Trinajstić information content (AvgIpc) is 2.79. The second-order valence-electron chi connectivity index (χ2n) is 5.09. The standard InChI is InChI=1S/C16H17N3/c1-11(2)15-18-13-8-6-10-17-16(13)19(15)14-9-5-4-7-12(14)3/h4-11H,1-3H3. The van der Waals surface area contributed by atoms with Crippen molar-refractivity contribution in [2.45, 2.75) is 26.7 Å². The number of pyridine rings is 1. The highest BCUT2D eigenvalue weighted by Gasteiger charge is 2.16. The first-order chi connectivity index (χ1) is 9.18. The molecule has 19 heavy (non-hydrogen) atoms. The van der Waals surface area contributed by atoms with Gasteiger partial charge in [-0.25, -0.2) is 9.97 Å². The Labute approximate surface area is 112 Å². The molecule has 1 aromatic carbocycles. The molecule has 0 saturated heterocycles. The first-order valence-electron chi connectivity index (χ1n) is 6.58. The Balaban J connectivity index is 2.38. The smallest absolute Gasteiger partial charge is 0.164 e. The molecule has 0 bridgehead atoms. The van der Waals surface area contributed by atoms with E-state index in [1.165, 1.54) is 5.56 Å². The minimum atomic E-state index is 0.355. The van der Waals surface area contributed by atoms with Crippen LogP contribution in [0, 0.1) is 6.92 Å². The molecule has 0 saturated carbocycles. The number of nitrogens with zero attached hydrogens (tertiary/aromatic N) is 3. The zero-order chi connectivity index (χ0) is 13.4. The predicted octanol–water partition coefficient (Wildman–Crippen LogP) is 3.85. The van der Waals surface area contributed by atoms with Crippen LogP contribution in [0.5, 0.6) is 0 Å². The van der Waals surface area contributed by atoms with Crippen LogP contribution < -0.4 is 0 Å². The van der Waals surface area contributed by atoms with Gasteiger partial charge >= 0.3 is 0 Å². The molecule has 3 rings (SSSR count). The van der Waals surface area contributed by atoms with Gasteiger partial charge in [-0.3, -0.25) is 4.57 Å². The van der Waals surface area contributed by atoms with Gasteiger partial charge in [0.25, 0.3) is 0 Å². The fourth-order valence-corrected chi connectivity index (χ4v) is 2.37. The van der Waals surface area contributed by atoms with Crippen molar-refractivity contribution >= 4 is 11.2 Å². The van der Waals surface area contributed by atoms with Crippen LogP contribution in [0.25, 0.3) is 16.9 Å². The largest absolute Gasteiger partial charge is 0.280 e. The third-order valence-electron chi connectivity index (χ3n) is 3.31. The number of para-hydroxylation sites is 1. The predicted molar refractivity (Wildman–Crippen MR) is 77.7 cm³/mol. The second-order valence-corrected chi connectivity index (χ2v) is 5.09. The summed E-state index contributed by atoms with van der Waals surface area (Å²) < 4.78 is 2.18. The summed E-state index contributed by atoms with van der Waals surface area (Å²) in [7, 11) is 0. The number of hydrogen-bond acceptors (Lipinski definition) is 2. The van der Waals surface area contributed by atoms with Crippen LogP contribution in [-0.2, 0) is 0 Å². The van der Waals surface area contributed by atoms with Gasteiger partial charge in [0.1, 0.15) is 11.3 Å². The molecule has 0 unspecified atom stereocenters. The van der Waals surface area contributed by atoms with Crippen LogP contribution in [0.3, 0.4) is 0 Å². The third kappa shape index (κ3) is 1.91. The van der Waals surface area contributed by atoms with Crippen molar-refractivity contribution in [2.75, 3.05) is 0 Å². The SMILES string of the molecule is Cc1ccccc1-n1c(C(C)C)nc2cccnc21. The molecule has 0 aliphatic heterocycles. The number of fused-ring (bicyclic) bond motifs is 1. The van der Waals surface area contributed by atoms with Gasteiger partial charge in [-0.1, -0.05) is 32.0 Å². The van der Waals surface area contributed by atoms with Crippen molar-refractivity contribution in [3.63, 3.8) is 0 Å². The van der Waals surface area contributed by atoms with E-state index in [2.05, 4.69) is 54.6 Å². The van der Waals surface area contributed by atoms with E-state index in [0.29, 0.717) is 5.92 Å². The van der Waals surface area contributed by atoms with Crippen molar-refractivity contribution < 1.29 is 0 Å². The molecule has 0 amide bonds. The maximum atomic E-state index is 4.73. The van der Waals surface area contributed by atoms with Gasteiger partial charge in [0.05, 0.1) is 5.69 Å². The molecule has 3 aromatic rings. The molecule has 0 aliphatic carbocycles. The number of benzene rings is 1. The Bertz CT molecular complexity index is 726. The van der Waals surface area contributed by atoms with Gasteiger partial charge in [-0.2, -0.15) is 0 Å². The van der Waals surface area contributed by atoms with E-state index in [-0.39, 0.29) is 0 Å². The van der Waals surface area contributed by atoms with Crippen LogP contribution in [0.4, 0.5) is 0 Å². The maximum Gasteiger partial charge on any atom is 0.164 e. The summed E-state index contributed by atoms with van der Waals surface area (Å²) in [5.41, 5.74) is 4.27. The first kappa shape index (κ1) is 11.9. The molecular weight excluding hydrogens is 234 g/mol. The molecule has 0 fully saturated rings. The minimum Gasteiger partial charge on any atom is -0.280 e. The number of aryl methyl sites for hydroxylation is 1. The van der Waals surface area contributed by atoms with E-state index < -0.39 is 0 Å². The first-order valence-corrected chi connectivity index (χ1v) is 6.58. The number of rotatable bonds is 2. The lowest BCUT2D eigenvalue weighted by Crippen LogP contribution is -2.05. The molecule has 0 spiro atoms. The number of imidazole rings is 1. The van der Waals surface area contributed by atoms with Gasteiger partial charge in [0, 0.05) is 12.1 Å². The maximum absolute atomic E-state index is 4.73. The van der Waals surface area contributed by atoms with Crippen molar-refractivity contribution in [3.8, 4) is 5.69 Å². The topological polar surface area (TPSA) is 30.7 Å². The molecule has 2 heterocycles. The third-order valence-corrected chi connectivity index (χ3v) is 3.31. The van der Waals surface area contributed by atoms with Gasteiger partial charge in [0.15, 0.2) is 5.65 Å². The fourth-order valence-electron chi connectivity index (χ4n) is 2.37. The van der Waals surface area contributed by atoms with Crippen molar-refractivity contribution in [1.29, 1.82) is 0 Å².